The molecule has 5 heteroatoms. The van der Waals surface area contributed by atoms with Crippen LogP contribution < -0.4 is 5.32 Å². The molecule has 0 atom stereocenters. The van der Waals surface area contributed by atoms with Crippen molar-refractivity contribution >= 4 is 29.9 Å². The van der Waals surface area contributed by atoms with Crippen LogP contribution in [0.25, 0.3) is 0 Å². The second-order valence-corrected chi connectivity index (χ2v) is 4.31. The lowest BCUT2D eigenvalue weighted by molar-refractivity contribution is 0.0954. The molecule has 1 aromatic carbocycles. The van der Waals surface area contributed by atoms with Crippen LogP contribution in [0.4, 0.5) is 0 Å². The topological polar surface area (TPSA) is 42.0 Å². The highest BCUT2D eigenvalue weighted by atomic mass is 35.5. The van der Waals surface area contributed by atoms with E-state index in [1.54, 1.807) is 24.5 Å². The molecule has 2 aromatic rings. The minimum atomic E-state index is -0.106. The van der Waals surface area contributed by atoms with Crippen LogP contribution in [0.3, 0.4) is 0 Å². The number of amides is 1. The van der Waals surface area contributed by atoms with Gasteiger partial charge in [-0.3, -0.25) is 9.78 Å². The summed E-state index contributed by atoms with van der Waals surface area (Å²) in [5.41, 5.74) is 1.68. The summed E-state index contributed by atoms with van der Waals surface area (Å²) in [6.45, 7) is 0.577. The molecule has 0 spiro atoms. The zero-order chi connectivity index (χ0) is 12.8. The minimum Gasteiger partial charge on any atom is -0.352 e. The Morgan fingerprint density at radius 3 is 2.79 bits per heavy atom. The van der Waals surface area contributed by atoms with Crippen LogP contribution >= 0.6 is 24.0 Å². The number of pyridine rings is 1. The average Bonchev–Trinajstić information content (AvgIpc) is 2.40. The molecule has 1 amide bonds. The molecule has 2 rings (SSSR count). The largest absolute Gasteiger partial charge is 0.352 e. The lowest BCUT2D eigenvalue weighted by Crippen LogP contribution is -2.25. The van der Waals surface area contributed by atoms with E-state index in [2.05, 4.69) is 10.3 Å². The fourth-order valence-corrected chi connectivity index (χ4v) is 1.82. The van der Waals surface area contributed by atoms with E-state index in [0.717, 1.165) is 12.0 Å². The van der Waals surface area contributed by atoms with Crippen LogP contribution in [0.2, 0.25) is 5.02 Å². The summed E-state index contributed by atoms with van der Waals surface area (Å²) < 4.78 is 0. The van der Waals surface area contributed by atoms with E-state index in [-0.39, 0.29) is 18.3 Å². The molecule has 0 fully saturated rings. The molecule has 0 aliphatic carbocycles. The van der Waals surface area contributed by atoms with E-state index in [9.17, 15) is 4.79 Å². The molecule has 0 saturated heterocycles. The van der Waals surface area contributed by atoms with E-state index < -0.39 is 0 Å². The third-order valence-electron chi connectivity index (χ3n) is 2.51. The number of hydrogen-bond donors (Lipinski definition) is 1. The third kappa shape index (κ3) is 4.89. The van der Waals surface area contributed by atoms with Crippen LogP contribution in [0.5, 0.6) is 0 Å². The quantitative estimate of drug-likeness (QED) is 0.942. The predicted octanol–water partition coefficient (Wildman–Crippen LogP) is 3.13. The van der Waals surface area contributed by atoms with Gasteiger partial charge in [0.2, 0.25) is 0 Å². The van der Waals surface area contributed by atoms with Gasteiger partial charge in [-0.15, -0.1) is 12.4 Å². The van der Waals surface area contributed by atoms with Crippen molar-refractivity contribution in [3.05, 3.63) is 64.9 Å². The number of aromatic nitrogens is 1. The van der Waals surface area contributed by atoms with Gasteiger partial charge in [0.05, 0.1) is 5.56 Å². The number of rotatable bonds is 4. The summed E-state index contributed by atoms with van der Waals surface area (Å²) in [5.74, 6) is -0.106. The first-order valence-electron chi connectivity index (χ1n) is 5.68. The first kappa shape index (κ1) is 15.5. The first-order valence-corrected chi connectivity index (χ1v) is 6.06. The zero-order valence-corrected chi connectivity index (χ0v) is 11.7. The van der Waals surface area contributed by atoms with Crippen LogP contribution in [0.15, 0.2) is 48.8 Å². The maximum absolute atomic E-state index is 11.7. The summed E-state index contributed by atoms with van der Waals surface area (Å²) in [7, 11) is 0. The summed E-state index contributed by atoms with van der Waals surface area (Å²) in [6, 6.07) is 11.1. The number of nitrogens with one attached hydrogen (secondary N) is 1. The molecular weight excluding hydrogens is 283 g/mol. The third-order valence-corrected chi connectivity index (χ3v) is 2.75. The standard InChI is InChI=1S/C14H13ClN2O.ClH/c15-13-5-1-3-11(9-13)6-8-17-14(18)12-4-2-7-16-10-12;/h1-5,7,9-10H,6,8H2,(H,17,18);1H. The number of halogens is 2. The highest BCUT2D eigenvalue weighted by Crippen LogP contribution is 2.10. The monoisotopic (exact) mass is 296 g/mol. The Bertz CT molecular complexity index is 532. The fraction of sp³-hybridized carbons (Fsp3) is 0.143. The Balaban J connectivity index is 0.00000180. The van der Waals surface area contributed by atoms with Gasteiger partial charge in [0.15, 0.2) is 0 Å². The normalized spacial score (nSPS) is 9.53. The highest BCUT2D eigenvalue weighted by Gasteiger charge is 2.03. The van der Waals surface area contributed by atoms with Crippen molar-refractivity contribution in [1.29, 1.82) is 0 Å². The molecule has 3 nitrogen and oxygen atoms in total. The van der Waals surface area contributed by atoms with Gasteiger partial charge in [-0.05, 0) is 36.2 Å². The van der Waals surface area contributed by atoms with Crippen molar-refractivity contribution in [2.45, 2.75) is 6.42 Å². The number of benzene rings is 1. The molecule has 0 saturated carbocycles. The van der Waals surface area contributed by atoms with E-state index in [1.165, 1.54) is 0 Å². The minimum absolute atomic E-state index is 0. The number of carbonyl (C=O) groups is 1. The number of hydrogen-bond acceptors (Lipinski definition) is 2. The molecule has 1 aromatic heterocycles. The highest BCUT2D eigenvalue weighted by molar-refractivity contribution is 6.30. The molecule has 100 valence electrons. The Kier molecular flexibility index (Phi) is 6.33. The molecule has 0 radical (unpaired) electrons. The fourth-order valence-electron chi connectivity index (χ4n) is 1.61. The number of carbonyl (C=O) groups excluding carboxylic acids is 1. The Hall–Kier alpha value is -1.58. The smallest absolute Gasteiger partial charge is 0.252 e. The molecule has 0 aliphatic heterocycles. The predicted molar refractivity (Wildman–Crippen MR) is 79.0 cm³/mol. The van der Waals surface area contributed by atoms with Crippen LogP contribution in [-0.4, -0.2) is 17.4 Å². The van der Waals surface area contributed by atoms with Crippen molar-refractivity contribution in [2.75, 3.05) is 6.54 Å². The van der Waals surface area contributed by atoms with Gasteiger partial charge in [0.1, 0.15) is 0 Å². The van der Waals surface area contributed by atoms with Crippen molar-refractivity contribution in [2.24, 2.45) is 0 Å². The maximum Gasteiger partial charge on any atom is 0.252 e. The van der Waals surface area contributed by atoms with Crippen molar-refractivity contribution in [1.82, 2.24) is 10.3 Å². The van der Waals surface area contributed by atoms with E-state index in [0.29, 0.717) is 17.1 Å². The molecule has 1 N–H and O–H groups in total. The Labute approximate surface area is 123 Å². The van der Waals surface area contributed by atoms with E-state index >= 15 is 0 Å². The summed E-state index contributed by atoms with van der Waals surface area (Å²) >= 11 is 5.89. The molecular formula is C14H14Cl2N2O. The molecule has 19 heavy (non-hydrogen) atoms. The van der Waals surface area contributed by atoms with Gasteiger partial charge in [-0.1, -0.05) is 23.7 Å². The van der Waals surface area contributed by atoms with Crippen LogP contribution in [0, 0.1) is 0 Å². The van der Waals surface area contributed by atoms with Crippen LogP contribution in [0.1, 0.15) is 15.9 Å². The SMILES string of the molecule is Cl.O=C(NCCc1cccc(Cl)c1)c1cccnc1. The van der Waals surface area contributed by atoms with E-state index in [1.807, 2.05) is 24.3 Å². The lowest BCUT2D eigenvalue weighted by Gasteiger charge is -2.05. The van der Waals surface area contributed by atoms with Gasteiger partial charge in [-0.25, -0.2) is 0 Å². The molecule has 0 aliphatic rings. The zero-order valence-electron chi connectivity index (χ0n) is 10.2. The first-order chi connectivity index (χ1) is 8.75. The second-order valence-electron chi connectivity index (χ2n) is 3.88. The second kappa shape index (κ2) is 7.77. The summed E-state index contributed by atoms with van der Waals surface area (Å²) in [6.07, 6.45) is 3.95. The molecule has 0 unspecified atom stereocenters. The maximum atomic E-state index is 11.7. The van der Waals surface area contributed by atoms with Crippen molar-refractivity contribution < 1.29 is 4.79 Å². The van der Waals surface area contributed by atoms with Gasteiger partial charge >= 0.3 is 0 Å². The Morgan fingerprint density at radius 1 is 1.26 bits per heavy atom. The van der Waals surface area contributed by atoms with E-state index in [4.69, 9.17) is 11.6 Å². The van der Waals surface area contributed by atoms with Crippen molar-refractivity contribution in [3.8, 4) is 0 Å². The van der Waals surface area contributed by atoms with Gasteiger partial charge < -0.3 is 5.32 Å². The Morgan fingerprint density at radius 2 is 2.11 bits per heavy atom. The van der Waals surface area contributed by atoms with Gasteiger partial charge in [-0.2, -0.15) is 0 Å². The van der Waals surface area contributed by atoms with Crippen LogP contribution in [-0.2, 0) is 6.42 Å². The number of nitrogens with zero attached hydrogens (tertiary/aromatic N) is 1. The molecule has 0 bridgehead atoms. The lowest BCUT2D eigenvalue weighted by atomic mass is 10.1. The summed E-state index contributed by atoms with van der Waals surface area (Å²) in [4.78, 5) is 15.6. The summed E-state index contributed by atoms with van der Waals surface area (Å²) in [5, 5.41) is 3.56. The van der Waals surface area contributed by atoms with Crippen molar-refractivity contribution in [3.63, 3.8) is 0 Å². The average molecular weight is 297 g/mol. The van der Waals surface area contributed by atoms with Gasteiger partial charge in [0.25, 0.3) is 5.91 Å². The molecule has 1 heterocycles. The van der Waals surface area contributed by atoms with Gasteiger partial charge in [0, 0.05) is 24.0 Å².